The average molecular weight is 266 g/mol. The van der Waals surface area contributed by atoms with Gasteiger partial charge in [-0.25, -0.2) is 0 Å². The Morgan fingerprint density at radius 1 is 1.33 bits per heavy atom. The Bertz CT molecular complexity index is 274. The maximum absolute atomic E-state index is 12.1. The number of rotatable bonds is 6. The lowest BCUT2D eigenvalue weighted by Gasteiger charge is -2.19. The van der Waals surface area contributed by atoms with E-state index in [2.05, 4.69) is 15.6 Å². The number of nitrogens with zero attached hydrogens (tertiary/aromatic N) is 2. The molecule has 18 heavy (non-hydrogen) atoms. The van der Waals surface area contributed by atoms with Crippen LogP contribution in [0.4, 0.5) is 13.2 Å². The first-order valence-electron chi connectivity index (χ1n) is 6.10. The summed E-state index contributed by atoms with van der Waals surface area (Å²) in [6, 6.07) is 0. The van der Waals surface area contributed by atoms with Gasteiger partial charge >= 0.3 is 6.18 Å². The number of alkyl halides is 3. The Hall–Kier alpha value is -0.980. The molecule has 1 saturated carbocycles. The predicted molar refractivity (Wildman–Crippen MR) is 65.6 cm³/mol. The first-order chi connectivity index (χ1) is 8.40. The number of aliphatic imine (C=N–C) groups is 1. The largest absolute Gasteiger partial charge is 0.401 e. The van der Waals surface area contributed by atoms with E-state index in [4.69, 9.17) is 0 Å². The second-order valence-corrected chi connectivity index (χ2v) is 4.68. The molecule has 106 valence electrons. The third-order valence-electron chi connectivity index (χ3n) is 2.71. The van der Waals surface area contributed by atoms with Crippen LogP contribution in [0, 0.1) is 5.92 Å². The van der Waals surface area contributed by atoms with Gasteiger partial charge in [-0.3, -0.25) is 9.89 Å². The van der Waals surface area contributed by atoms with Crippen LogP contribution in [0.25, 0.3) is 0 Å². The molecule has 1 aliphatic rings. The van der Waals surface area contributed by atoms with Crippen molar-refractivity contribution in [2.24, 2.45) is 10.9 Å². The van der Waals surface area contributed by atoms with Crippen molar-refractivity contribution in [1.29, 1.82) is 0 Å². The minimum absolute atomic E-state index is 0.323. The van der Waals surface area contributed by atoms with Crippen molar-refractivity contribution in [3.05, 3.63) is 0 Å². The summed E-state index contributed by atoms with van der Waals surface area (Å²) in [5, 5.41) is 6.15. The predicted octanol–water partition coefficient (Wildman–Crippen LogP) is 1.06. The second kappa shape index (κ2) is 6.82. The summed E-state index contributed by atoms with van der Waals surface area (Å²) in [4.78, 5) is 5.25. The maximum Gasteiger partial charge on any atom is 0.401 e. The van der Waals surface area contributed by atoms with E-state index in [1.807, 2.05) is 0 Å². The van der Waals surface area contributed by atoms with Gasteiger partial charge in [0.05, 0.1) is 6.54 Å². The summed E-state index contributed by atoms with van der Waals surface area (Å²) in [5.74, 6) is 1.39. The van der Waals surface area contributed by atoms with E-state index in [1.54, 1.807) is 7.05 Å². The molecule has 0 unspecified atom stereocenters. The molecule has 0 heterocycles. The number of likely N-dealkylation sites (N-methyl/N-ethyl adjacent to an activating group) is 1. The molecule has 0 radical (unpaired) electrons. The quantitative estimate of drug-likeness (QED) is 0.558. The van der Waals surface area contributed by atoms with Gasteiger partial charge in [0.15, 0.2) is 5.96 Å². The van der Waals surface area contributed by atoms with Crippen molar-refractivity contribution < 1.29 is 13.2 Å². The Morgan fingerprint density at radius 3 is 2.50 bits per heavy atom. The van der Waals surface area contributed by atoms with Crippen LogP contribution in [0.3, 0.4) is 0 Å². The molecule has 0 amide bonds. The highest BCUT2D eigenvalue weighted by molar-refractivity contribution is 5.79. The molecule has 0 bridgehead atoms. The van der Waals surface area contributed by atoms with Crippen molar-refractivity contribution in [1.82, 2.24) is 15.5 Å². The van der Waals surface area contributed by atoms with Gasteiger partial charge in [0, 0.05) is 26.7 Å². The molecule has 0 aromatic carbocycles. The van der Waals surface area contributed by atoms with Crippen molar-refractivity contribution in [3.63, 3.8) is 0 Å². The molecule has 0 aromatic heterocycles. The molecular weight excluding hydrogens is 245 g/mol. The maximum atomic E-state index is 12.1. The number of guanidine groups is 1. The highest BCUT2D eigenvalue weighted by Crippen LogP contribution is 2.27. The Kier molecular flexibility index (Phi) is 5.71. The first kappa shape index (κ1) is 15.1. The van der Waals surface area contributed by atoms with Crippen LogP contribution in [0.2, 0.25) is 0 Å². The van der Waals surface area contributed by atoms with Gasteiger partial charge in [0.2, 0.25) is 0 Å². The van der Waals surface area contributed by atoms with E-state index in [0.717, 1.165) is 12.5 Å². The third-order valence-corrected chi connectivity index (χ3v) is 2.71. The number of hydrogen-bond acceptors (Lipinski definition) is 2. The molecule has 0 atom stereocenters. The zero-order valence-electron chi connectivity index (χ0n) is 10.8. The normalized spacial score (nSPS) is 17.1. The van der Waals surface area contributed by atoms with E-state index in [0.29, 0.717) is 19.0 Å². The summed E-state index contributed by atoms with van der Waals surface area (Å²) in [7, 11) is 3.11. The summed E-state index contributed by atoms with van der Waals surface area (Å²) < 4.78 is 36.2. The lowest BCUT2D eigenvalue weighted by molar-refractivity contribution is -0.142. The Morgan fingerprint density at radius 2 is 2.00 bits per heavy atom. The lowest BCUT2D eigenvalue weighted by atomic mass is 10.4. The van der Waals surface area contributed by atoms with Crippen molar-refractivity contribution in [2.45, 2.75) is 19.0 Å². The van der Waals surface area contributed by atoms with Gasteiger partial charge in [-0.2, -0.15) is 13.2 Å². The van der Waals surface area contributed by atoms with Crippen LogP contribution in [-0.2, 0) is 0 Å². The number of hydrogen-bond donors (Lipinski definition) is 2. The van der Waals surface area contributed by atoms with Crippen LogP contribution in [0.15, 0.2) is 4.99 Å². The molecule has 4 nitrogen and oxygen atoms in total. The molecule has 0 aliphatic heterocycles. The van der Waals surface area contributed by atoms with Crippen LogP contribution in [-0.4, -0.2) is 57.3 Å². The zero-order chi connectivity index (χ0) is 13.6. The van der Waals surface area contributed by atoms with Gasteiger partial charge in [0.25, 0.3) is 0 Å². The number of nitrogens with one attached hydrogen (secondary N) is 2. The topological polar surface area (TPSA) is 39.7 Å². The SMILES string of the molecule is CN=C(NCCN(C)CC(F)(F)F)NCC1CC1. The second-order valence-electron chi connectivity index (χ2n) is 4.68. The highest BCUT2D eigenvalue weighted by atomic mass is 19.4. The summed E-state index contributed by atoms with van der Waals surface area (Å²) in [6.07, 6.45) is -1.64. The first-order valence-corrected chi connectivity index (χ1v) is 6.10. The van der Waals surface area contributed by atoms with Gasteiger partial charge in [-0.05, 0) is 25.8 Å². The molecule has 0 spiro atoms. The molecule has 7 heteroatoms. The summed E-state index contributed by atoms with van der Waals surface area (Å²) >= 11 is 0. The fraction of sp³-hybridized carbons (Fsp3) is 0.909. The fourth-order valence-corrected chi connectivity index (χ4v) is 1.53. The molecule has 0 saturated heterocycles. The van der Waals surface area contributed by atoms with Gasteiger partial charge in [-0.1, -0.05) is 0 Å². The van der Waals surface area contributed by atoms with Gasteiger partial charge in [-0.15, -0.1) is 0 Å². The standard InChI is InChI=1S/C11H21F3N4/c1-15-10(17-7-9-3-4-9)16-5-6-18(2)8-11(12,13)14/h9H,3-8H2,1-2H3,(H2,15,16,17). The smallest absolute Gasteiger partial charge is 0.356 e. The Labute approximate surface area is 106 Å². The molecule has 1 aliphatic carbocycles. The van der Waals surface area contributed by atoms with Crippen LogP contribution < -0.4 is 10.6 Å². The van der Waals surface area contributed by atoms with Gasteiger partial charge in [0.1, 0.15) is 0 Å². The van der Waals surface area contributed by atoms with E-state index in [9.17, 15) is 13.2 Å². The molecule has 1 rings (SSSR count). The third kappa shape index (κ3) is 7.37. The summed E-state index contributed by atoms with van der Waals surface area (Å²) in [6.45, 7) is 0.765. The highest BCUT2D eigenvalue weighted by Gasteiger charge is 2.28. The van der Waals surface area contributed by atoms with Crippen LogP contribution in [0.5, 0.6) is 0 Å². The van der Waals surface area contributed by atoms with Gasteiger partial charge < -0.3 is 10.6 Å². The number of halogens is 3. The van der Waals surface area contributed by atoms with Crippen LogP contribution in [0.1, 0.15) is 12.8 Å². The Balaban J connectivity index is 2.10. The molecule has 2 N–H and O–H groups in total. The van der Waals surface area contributed by atoms with E-state index < -0.39 is 12.7 Å². The summed E-state index contributed by atoms with van der Waals surface area (Å²) in [5.41, 5.74) is 0. The van der Waals surface area contributed by atoms with Crippen LogP contribution >= 0.6 is 0 Å². The minimum Gasteiger partial charge on any atom is -0.356 e. The average Bonchev–Trinajstić information content (AvgIpc) is 3.04. The van der Waals surface area contributed by atoms with E-state index in [-0.39, 0.29) is 0 Å². The van der Waals surface area contributed by atoms with E-state index >= 15 is 0 Å². The minimum atomic E-state index is -4.14. The monoisotopic (exact) mass is 266 g/mol. The molecule has 0 aromatic rings. The zero-order valence-corrected chi connectivity index (χ0v) is 10.8. The lowest BCUT2D eigenvalue weighted by Crippen LogP contribution is -2.42. The van der Waals surface area contributed by atoms with Crippen molar-refractivity contribution >= 4 is 5.96 Å². The fourth-order valence-electron chi connectivity index (χ4n) is 1.53. The van der Waals surface area contributed by atoms with Crippen molar-refractivity contribution in [2.75, 3.05) is 40.3 Å². The molecular formula is C11H21F3N4. The van der Waals surface area contributed by atoms with E-state index in [1.165, 1.54) is 24.8 Å². The molecule has 1 fully saturated rings. The van der Waals surface area contributed by atoms with Crippen molar-refractivity contribution in [3.8, 4) is 0 Å².